The predicted octanol–water partition coefficient (Wildman–Crippen LogP) is 1.23. The lowest BCUT2D eigenvalue weighted by Crippen LogP contribution is -2.27. The molecule has 0 N–H and O–H groups in total. The molecule has 0 unspecified atom stereocenters. The molecule has 2 aromatic rings. The highest BCUT2D eigenvalue weighted by molar-refractivity contribution is 5.75. The summed E-state index contributed by atoms with van der Waals surface area (Å²) in [6.07, 6.45) is 6.10. The van der Waals surface area contributed by atoms with Crippen LogP contribution in [0.5, 0.6) is 0 Å². The van der Waals surface area contributed by atoms with Gasteiger partial charge >= 0.3 is 5.69 Å². The van der Waals surface area contributed by atoms with Crippen molar-refractivity contribution in [2.75, 3.05) is 7.05 Å². The lowest BCUT2D eigenvalue weighted by atomic mass is 10.2. The molecule has 2 rings (SSSR count). The first-order valence-corrected chi connectivity index (χ1v) is 6.36. The van der Waals surface area contributed by atoms with Crippen molar-refractivity contribution in [3.63, 3.8) is 0 Å². The molecule has 0 atom stereocenters. The molecule has 0 fully saturated rings. The van der Waals surface area contributed by atoms with Crippen LogP contribution in [-0.4, -0.2) is 37.5 Å². The van der Waals surface area contributed by atoms with Crippen LogP contribution in [0.15, 0.2) is 36.9 Å². The molecule has 8 nitrogen and oxygen atoms in total. The van der Waals surface area contributed by atoms with Gasteiger partial charge in [0.1, 0.15) is 12.4 Å². The highest BCUT2D eigenvalue weighted by Gasteiger charge is 2.12. The van der Waals surface area contributed by atoms with E-state index in [1.165, 1.54) is 17.1 Å². The Hall–Kier alpha value is -2.77. The van der Waals surface area contributed by atoms with Gasteiger partial charge < -0.3 is 4.90 Å². The van der Waals surface area contributed by atoms with E-state index in [2.05, 4.69) is 10.1 Å². The number of nitro groups is 1. The van der Waals surface area contributed by atoms with Crippen LogP contribution in [0.25, 0.3) is 0 Å². The van der Waals surface area contributed by atoms with Gasteiger partial charge in [-0.1, -0.05) is 6.07 Å². The second-order valence-electron chi connectivity index (χ2n) is 4.58. The Morgan fingerprint density at radius 1 is 1.48 bits per heavy atom. The van der Waals surface area contributed by atoms with Crippen molar-refractivity contribution in [2.45, 2.75) is 19.5 Å². The number of carbonyl (C=O) groups is 1. The molecule has 0 aliphatic rings. The van der Waals surface area contributed by atoms with E-state index in [1.54, 1.807) is 24.3 Å². The average molecular weight is 289 g/mol. The summed E-state index contributed by atoms with van der Waals surface area (Å²) in [6.45, 7) is 0.788. The summed E-state index contributed by atoms with van der Waals surface area (Å²) in [7, 11) is 1.71. The predicted molar refractivity (Wildman–Crippen MR) is 74.2 cm³/mol. The van der Waals surface area contributed by atoms with Crippen LogP contribution in [0, 0.1) is 10.1 Å². The summed E-state index contributed by atoms with van der Waals surface area (Å²) in [5.41, 5.74) is 0.870. The summed E-state index contributed by atoms with van der Waals surface area (Å²) < 4.78 is 1.40. The molecular formula is C13H15N5O3. The minimum Gasteiger partial charge on any atom is -0.341 e. The fraction of sp³-hybridized carbons (Fsp3) is 0.308. The Bertz CT molecular complexity index is 626. The fourth-order valence-electron chi connectivity index (χ4n) is 1.82. The van der Waals surface area contributed by atoms with Gasteiger partial charge in [-0.05, 0) is 11.6 Å². The quantitative estimate of drug-likeness (QED) is 0.589. The smallest absolute Gasteiger partial charge is 0.306 e. The fourth-order valence-corrected chi connectivity index (χ4v) is 1.82. The third-order valence-corrected chi connectivity index (χ3v) is 2.95. The molecule has 0 saturated heterocycles. The number of amides is 1. The van der Waals surface area contributed by atoms with Crippen LogP contribution in [0.1, 0.15) is 12.0 Å². The van der Waals surface area contributed by atoms with Crippen molar-refractivity contribution in [3.8, 4) is 0 Å². The number of carbonyl (C=O) groups excluding carboxylic acids is 1. The van der Waals surface area contributed by atoms with E-state index >= 15 is 0 Å². The summed E-state index contributed by atoms with van der Waals surface area (Å²) in [5.74, 6) is -0.0583. The molecule has 2 heterocycles. The van der Waals surface area contributed by atoms with E-state index in [9.17, 15) is 14.9 Å². The average Bonchev–Trinajstić information content (AvgIpc) is 2.95. The topological polar surface area (TPSA) is 94.2 Å². The summed E-state index contributed by atoms with van der Waals surface area (Å²) in [4.78, 5) is 27.6. The van der Waals surface area contributed by atoms with E-state index in [-0.39, 0.29) is 18.0 Å². The minimum absolute atomic E-state index is 0.0583. The van der Waals surface area contributed by atoms with Crippen LogP contribution in [-0.2, 0) is 17.9 Å². The van der Waals surface area contributed by atoms with Crippen LogP contribution >= 0.6 is 0 Å². The Kier molecular flexibility index (Phi) is 4.60. The van der Waals surface area contributed by atoms with Crippen molar-refractivity contribution < 1.29 is 9.72 Å². The first-order chi connectivity index (χ1) is 10.1. The SMILES string of the molecule is CN(Cc1cccnc1)C(=O)CCn1cc([N+](=O)[O-])cn1. The number of aryl methyl sites for hydroxylation is 1. The van der Waals surface area contributed by atoms with Crippen molar-refractivity contribution in [2.24, 2.45) is 0 Å². The zero-order valence-electron chi connectivity index (χ0n) is 11.5. The zero-order valence-corrected chi connectivity index (χ0v) is 11.5. The number of rotatable bonds is 6. The Balaban J connectivity index is 1.84. The Morgan fingerprint density at radius 2 is 2.29 bits per heavy atom. The first kappa shape index (κ1) is 14.6. The standard InChI is InChI=1S/C13H15N5O3/c1-16(9-11-3-2-5-14-7-11)13(19)4-6-17-10-12(8-15-17)18(20)21/h2-3,5,7-8,10H,4,6,9H2,1H3. The van der Waals surface area contributed by atoms with Crippen molar-refractivity contribution >= 4 is 11.6 Å². The molecule has 0 aliphatic heterocycles. The van der Waals surface area contributed by atoms with Crippen LogP contribution in [0.4, 0.5) is 5.69 Å². The van der Waals surface area contributed by atoms with Gasteiger partial charge in [-0.3, -0.25) is 24.6 Å². The molecule has 0 aliphatic carbocycles. The summed E-state index contributed by atoms with van der Waals surface area (Å²) >= 11 is 0. The maximum absolute atomic E-state index is 12.0. The number of pyridine rings is 1. The second kappa shape index (κ2) is 6.60. The third kappa shape index (κ3) is 4.10. The molecule has 110 valence electrons. The van der Waals surface area contributed by atoms with Crippen molar-refractivity contribution in [1.82, 2.24) is 19.7 Å². The van der Waals surface area contributed by atoms with Gasteiger partial charge in [0.05, 0.1) is 4.92 Å². The number of aromatic nitrogens is 3. The number of hydrogen-bond donors (Lipinski definition) is 0. The monoisotopic (exact) mass is 289 g/mol. The van der Waals surface area contributed by atoms with Crippen LogP contribution < -0.4 is 0 Å². The molecule has 0 radical (unpaired) electrons. The summed E-state index contributed by atoms with van der Waals surface area (Å²) in [6, 6.07) is 3.71. The van der Waals surface area contributed by atoms with E-state index in [0.717, 1.165) is 5.56 Å². The van der Waals surface area contributed by atoms with Gasteiger partial charge in [0.15, 0.2) is 0 Å². The van der Waals surface area contributed by atoms with Crippen LogP contribution in [0.2, 0.25) is 0 Å². The minimum atomic E-state index is -0.514. The lowest BCUT2D eigenvalue weighted by Gasteiger charge is -2.16. The van der Waals surface area contributed by atoms with Crippen LogP contribution in [0.3, 0.4) is 0 Å². The van der Waals surface area contributed by atoms with Gasteiger partial charge in [0.25, 0.3) is 0 Å². The van der Waals surface area contributed by atoms with Crippen molar-refractivity contribution in [1.29, 1.82) is 0 Å². The highest BCUT2D eigenvalue weighted by Crippen LogP contribution is 2.09. The van der Waals surface area contributed by atoms with Gasteiger partial charge in [0.2, 0.25) is 5.91 Å². The van der Waals surface area contributed by atoms with Gasteiger partial charge in [-0.2, -0.15) is 5.10 Å². The van der Waals surface area contributed by atoms with E-state index in [0.29, 0.717) is 13.1 Å². The Morgan fingerprint density at radius 3 is 2.90 bits per heavy atom. The number of nitrogens with zero attached hydrogens (tertiary/aromatic N) is 5. The molecule has 2 aromatic heterocycles. The highest BCUT2D eigenvalue weighted by atomic mass is 16.6. The van der Waals surface area contributed by atoms with E-state index in [4.69, 9.17) is 0 Å². The van der Waals surface area contributed by atoms with E-state index in [1.807, 2.05) is 12.1 Å². The molecule has 0 bridgehead atoms. The maximum atomic E-state index is 12.0. The molecule has 21 heavy (non-hydrogen) atoms. The third-order valence-electron chi connectivity index (χ3n) is 2.95. The maximum Gasteiger partial charge on any atom is 0.306 e. The number of hydrogen-bond acceptors (Lipinski definition) is 5. The van der Waals surface area contributed by atoms with Gasteiger partial charge in [-0.25, -0.2) is 0 Å². The zero-order chi connectivity index (χ0) is 15.2. The first-order valence-electron chi connectivity index (χ1n) is 6.36. The Labute approximate surface area is 121 Å². The summed E-state index contributed by atoms with van der Waals surface area (Å²) in [5, 5.41) is 14.4. The lowest BCUT2D eigenvalue weighted by molar-refractivity contribution is -0.385. The normalized spacial score (nSPS) is 10.3. The molecule has 8 heteroatoms. The van der Waals surface area contributed by atoms with E-state index < -0.39 is 4.92 Å². The van der Waals surface area contributed by atoms with Crippen molar-refractivity contribution in [3.05, 3.63) is 52.6 Å². The molecule has 0 saturated carbocycles. The molecule has 1 amide bonds. The molecule has 0 aromatic carbocycles. The van der Waals surface area contributed by atoms with Gasteiger partial charge in [-0.15, -0.1) is 0 Å². The second-order valence-corrected chi connectivity index (χ2v) is 4.58. The molecular weight excluding hydrogens is 274 g/mol. The molecule has 0 spiro atoms. The van der Waals surface area contributed by atoms with Gasteiger partial charge in [0, 0.05) is 39.0 Å². The largest absolute Gasteiger partial charge is 0.341 e.